The second-order valence-electron chi connectivity index (χ2n) is 9.45. The molecule has 2 aromatic carbocycles. The lowest BCUT2D eigenvalue weighted by atomic mass is 9.55. The van der Waals surface area contributed by atoms with Gasteiger partial charge in [-0.05, 0) is 49.8 Å². The molecule has 0 saturated heterocycles. The van der Waals surface area contributed by atoms with Crippen LogP contribution in [0.4, 0.5) is 4.39 Å². The van der Waals surface area contributed by atoms with Crippen molar-refractivity contribution in [2.24, 2.45) is 5.41 Å². The fraction of sp³-hybridized carbons (Fsp3) is 0.423. The lowest BCUT2D eigenvalue weighted by Gasteiger charge is -2.55. The molecule has 1 atom stereocenters. The summed E-state index contributed by atoms with van der Waals surface area (Å²) in [4.78, 5) is 37.8. The van der Waals surface area contributed by atoms with Crippen LogP contribution in [0.2, 0.25) is 5.02 Å². The van der Waals surface area contributed by atoms with Crippen LogP contribution in [0, 0.1) is 11.2 Å². The smallest absolute Gasteiger partial charge is 0.258 e. The van der Waals surface area contributed by atoms with Gasteiger partial charge in [0.1, 0.15) is 11.6 Å². The van der Waals surface area contributed by atoms with Gasteiger partial charge in [0.15, 0.2) is 12.4 Å². The topological polar surface area (TPSA) is 105 Å². The second kappa shape index (κ2) is 10.3. The number of amides is 2. The Morgan fingerprint density at radius 3 is 2.46 bits per heavy atom. The molecule has 0 spiro atoms. The summed E-state index contributed by atoms with van der Waals surface area (Å²) in [6, 6.07) is 13.2. The van der Waals surface area contributed by atoms with Crippen molar-refractivity contribution in [1.82, 2.24) is 10.6 Å². The number of hydrogen-bond donors (Lipinski definition) is 3. The van der Waals surface area contributed by atoms with Crippen LogP contribution in [-0.2, 0) is 20.8 Å². The number of fused-ring (bicyclic) bond motifs is 3. The van der Waals surface area contributed by atoms with Crippen molar-refractivity contribution >= 4 is 29.2 Å². The number of carbonyl (C=O) groups excluding carboxylic acids is 3. The van der Waals surface area contributed by atoms with Gasteiger partial charge in [-0.25, -0.2) is 4.39 Å². The number of ketones is 1. The Morgan fingerprint density at radius 2 is 1.80 bits per heavy atom. The third-order valence-corrected chi connectivity index (χ3v) is 7.44. The predicted octanol–water partition coefficient (Wildman–Crippen LogP) is 2.97. The molecular formula is C26H28ClFN2O5. The van der Waals surface area contributed by atoms with Gasteiger partial charge >= 0.3 is 0 Å². The highest BCUT2D eigenvalue weighted by molar-refractivity contribution is 6.30. The molecule has 0 unspecified atom stereocenters. The maximum absolute atomic E-state index is 13.5. The van der Waals surface area contributed by atoms with Gasteiger partial charge in [-0.1, -0.05) is 41.9 Å². The van der Waals surface area contributed by atoms with Gasteiger partial charge in [-0.15, -0.1) is 0 Å². The zero-order valence-corrected chi connectivity index (χ0v) is 19.9. The molecule has 35 heavy (non-hydrogen) atoms. The second-order valence-corrected chi connectivity index (χ2v) is 9.86. The number of rotatable bonds is 9. The number of carbonyl (C=O) groups is 3. The zero-order chi connectivity index (χ0) is 25.1. The molecule has 2 aromatic rings. The quantitative estimate of drug-likeness (QED) is 0.489. The van der Waals surface area contributed by atoms with E-state index >= 15 is 0 Å². The number of aliphatic hydroxyl groups excluding tert-OH is 1. The maximum atomic E-state index is 13.5. The van der Waals surface area contributed by atoms with Crippen LogP contribution in [-0.4, -0.2) is 47.5 Å². The summed E-state index contributed by atoms with van der Waals surface area (Å²) < 4.78 is 18.9. The van der Waals surface area contributed by atoms with Crippen LogP contribution in [0.3, 0.4) is 0 Å². The van der Waals surface area contributed by atoms with Crippen LogP contribution in [0.1, 0.15) is 37.7 Å². The Kier molecular flexibility index (Phi) is 7.42. The number of benzene rings is 2. The summed E-state index contributed by atoms with van der Waals surface area (Å²) in [6.45, 7) is -0.402. The fourth-order valence-corrected chi connectivity index (χ4v) is 5.24. The van der Waals surface area contributed by atoms with Gasteiger partial charge in [0.2, 0.25) is 5.91 Å². The standard InChI is InChI=1S/C26H28ClFN2O5/c27-20-7-6-19(13-21(20)28)35-16-23(33)30-25-8-10-26(11-9-25,22(32)14-25)24(34)29-15-18(31)12-17-4-2-1-3-5-17/h1-7,13,22,32H,8-12,14-16H2,(H,29,34)(H,30,33)/t22-,25?,26?/m1/s1. The van der Waals surface area contributed by atoms with Crippen LogP contribution >= 0.6 is 11.6 Å². The van der Waals surface area contributed by atoms with Crippen molar-refractivity contribution < 1.29 is 28.6 Å². The molecular weight excluding hydrogens is 475 g/mol. The molecule has 2 bridgehead atoms. The number of Topliss-reactive ketones (excluding diaryl/α,β-unsaturated/α-hetero) is 1. The first-order chi connectivity index (χ1) is 16.7. The average Bonchev–Trinajstić information content (AvgIpc) is 2.84. The summed E-state index contributed by atoms with van der Waals surface area (Å²) in [5.74, 6) is -1.27. The lowest BCUT2D eigenvalue weighted by Crippen LogP contribution is -2.66. The molecule has 7 nitrogen and oxygen atoms in total. The zero-order valence-electron chi connectivity index (χ0n) is 19.2. The van der Waals surface area contributed by atoms with Gasteiger partial charge in [0, 0.05) is 18.0 Å². The van der Waals surface area contributed by atoms with Crippen molar-refractivity contribution in [3.8, 4) is 5.75 Å². The molecule has 0 aliphatic heterocycles. The van der Waals surface area contributed by atoms with Crippen molar-refractivity contribution in [2.75, 3.05) is 13.2 Å². The third-order valence-electron chi connectivity index (χ3n) is 7.13. The molecule has 0 radical (unpaired) electrons. The highest BCUT2D eigenvalue weighted by Crippen LogP contribution is 2.52. The van der Waals surface area contributed by atoms with E-state index < -0.39 is 28.8 Å². The Hall–Kier alpha value is -2.97. The van der Waals surface area contributed by atoms with Crippen LogP contribution in [0.25, 0.3) is 0 Å². The molecule has 5 rings (SSSR count). The number of nitrogens with one attached hydrogen (secondary N) is 2. The van der Waals surface area contributed by atoms with Crippen molar-refractivity contribution in [2.45, 2.75) is 50.2 Å². The third kappa shape index (κ3) is 5.65. The fourth-order valence-electron chi connectivity index (χ4n) is 5.12. The minimum Gasteiger partial charge on any atom is -0.484 e. The van der Waals surface area contributed by atoms with Gasteiger partial charge in [-0.2, -0.15) is 0 Å². The molecule has 3 aliphatic rings. The number of hydrogen-bond acceptors (Lipinski definition) is 5. The number of aliphatic hydroxyl groups is 1. The summed E-state index contributed by atoms with van der Waals surface area (Å²) in [5.41, 5.74) is -0.710. The molecule has 9 heteroatoms. The lowest BCUT2D eigenvalue weighted by molar-refractivity contribution is -0.156. The monoisotopic (exact) mass is 502 g/mol. The molecule has 0 heterocycles. The molecule has 3 aliphatic carbocycles. The molecule has 3 fully saturated rings. The van der Waals surface area contributed by atoms with E-state index in [-0.39, 0.29) is 48.5 Å². The van der Waals surface area contributed by atoms with Crippen LogP contribution in [0.5, 0.6) is 5.75 Å². The van der Waals surface area contributed by atoms with Gasteiger partial charge in [-0.3, -0.25) is 14.4 Å². The SMILES string of the molecule is O=C(CNC(=O)C12CCC(NC(=O)COc3ccc(Cl)c(F)c3)(CC1)C[C@H]2O)Cc1ccccc1. The van der Waals surface area contributed by atoms with Crippen LogP contribution in [0.15, 0.2) is 48.5 Å². The van der Waals surface area contributed by atoms with E-state index in [9.17, 15) is 23.9 Å². The van der Waals surface area contributed by atoms with Crippen LogP contribution < -0.4 is 15.4 Å². The minimum atomic E-state index is -0.961. The molecule has 186 valence electrons. The van der Waals surface area contributed by atoms with Crippen molar-refractivity contribution in [3.63, 3.8) is 0 Å². The Morgan fingerprint density at radius 1 is 1.09 bits per heavy atom. The van der Waals surface area contributed by atoms with Crippen molar-refractivity contribution in [3.05, 3.63) is 64.9 Å². The summed E-state index contributed by atoms with van der Waals surface area (Å²) in [5, 5.41) is 16.5. The molecule has 0 aromatic heterocycles. The van der Waals surface area contributed by atoms with Gasteiger partial charge in [0.25, 0.3) is 5.91 Å². The number of halogens is 2. The number of ether oxygens (including phenoxy) is 1. The normalized spacial score (nSPS) is 25.1. The highest BCUT2D eigenvalue weighted by atomic mass is 35.5. The van der Waals surface area contributed by atoms with E-state index in [0.29, 0.717) is 25.7 Å². The van der Waals surface area contributed by atoms with E-state index in [4.69, 9.17) is 16.3 Å². The maximum Gasteiger partial charge on any atom is 0.258 e. The Bertz CT molecular complexity index is 1100. The summed E-state index contributed by atoms with van der Waals surface area (Å²) in [6.07, 6.45) is 1.37. The summed E-state index contributed by atoms with van der Waals surface area (Å²) >= 11 is 5.65. The first kappa shape index (κ1) is 25.1. The highest BCUT2D eigenvalue weighted by Gasteiger charge is 2.58. The molecule has 3 saturated carbocycles. The van der Waals surface area contributed by atoms with Gasteiger partial charge < -0.3 is 20.5 Å². The van der Waals surface area contributed by atoms with Gasteiger partial charge in [0.05, 0.1) is 23.1 Å². The molecule has 3 N–H and O–H groups in total. The predicted molar refractivity (Wildman–Crippen MR) is 127 cm³/mol. The Balaban J connectivity index is 1.28. The first-order valence-corrected chi connectivity index (χ1v) is 12.0. The largest absolute Gasteiger partial charge is 0.484 e. The summed E-state index contributed by atoms with van der Waals surface area (Å²) in [7, 11) is 0. The van der Waals surface area contributed by atoms with E-state index in [2.05, 4.69) is 10.6 Å². The van der Waals surface area contributed by atoms with E-state index in [1.807, 2.05) is 30.3 Å². The molecule has 2 amide bonds. The first-order valence-electron chi connectivity index (χ1n) is 11.6. The van der Waals surface area contributed by atoms with E-state index in [0.717, 1.165) is 11.6 Å². The van der Waals surface area contributed by atoms with Crippen molar-refractivity contribution in [1.29, 1.82) is 0 Å². The van der Waals surface area contributed by atoms with E-state index in [1.165, 1.54) is 12.1 Å². The minimum absolute atomic E-state index is 0.0350. The average molecular weight is 503 g/mol. The Labute approximate surface area is 208 Å². The van der Waals surface area contributed by atoms with E-state index in [1.54, 1.807) is 0 Å².